The van der Waals surface area contributed by atoms with Crippen molar-refractivity contribution in [2.75, 3.05) is 20.6 Å². The molecule has 0 aliphatic rings. The maximum absolute atomic E-state index is 11.2. The van der Waals surface area contributed by atoms with E-state index in [4.69, 9.17) is 0 Å². The first-order valence-electron chi connectivity index (χ1n) is 4.78. The third-order valence-corrected chi connectivity index (χ3v) is 2.24. The Balaban J connectivity index is 2.38. The van der Waals surface area contributed by atoms with Crippen LogP contribution >= 0.6 is 0 Å². The van der Waals surface area contributed by atoms with Gasteiger partial charge in [-0.2, -0.15) is 0 Å². The smallest absolute Gasteiger partial charge is 0.236 e. The van der Waals surface area contributed by atoms with Crippen molar-refractivity contribution >= 4 is 5.91 Å². The van der Waals surface area contributed by atoms with Crippen LogP contribution in [0.5, 0.6) is 0 Å². The number of aromatic nitrogens is 3. The normalized spacial score (nSPS) is 10.4. The molecule has 1 amide bonds. The summed E-state index contributed by atoms with van der Waals surface area (Å²) in [6.07, 6.45) is 0. The average molecular weight is 211 g/mol. The number of nitrogens with zero attached hydrogens (tertiary/aromatic N) is 4. The third-order valence-electron chi connectivity index (χ3n) is 2.24. The second-order valence-corrected chi connectivity index (χ2v) is 3.61. The summed E-state index contributed by atoms with van der Waals surface area (Å²) >= 11 is 0. The van der Waals surface area contributed by atoms with Crippen LogP contribution < -0.4 is 5.32 Å². The summed E-state index contributed by atoms with van der Waals surface area (Å²) in [6, 6.07) is 0. The molecule has 0 radical (unpaired) electrons. The molecule has 0 fully saturated rings. The van der Waals surface area contributed by atoms with Crippen LogP contribution in [0.3, 0.4) is 0 Å². The standard InChI is InChI=1S/C9H17N5O/c1-7-11-12-8(14(7)4)5-10-6-9(15)13(2)3/h10H,5-6H2,1-4H3. The van der Waals surface area contributed by atoms with Gasteiger partial charge in [-0.3, -0.25) is 4.79 Å². The second kappa shape index (κ2) is 4.88. The molecule has 0 bridgehead atoms. The molecule has 1 N–H and O–H groups in total. The fourth-order valence-corrected chi connectivity index (χ4v) is 1.04. The van der Waals surface area contributed by atoms with Gasteiger partial charge in [0.1, 0.15) is 11.6 Å². The summed E-state index contributed by atoms with van der Waals surface area (Å²) < 4.78 is 1.90. The third kappa shape index (κ3) is 3.02. The van der Waals surface area contributed by atoms with Crippen LogP contribution in [0, 0.1) is 6.92 Å². The lowest BCUT2D eigenvalue weighted by atomic mass is 10.5. The van der Waals surface area contributed by atoms with E-state index in [0.29, 0.717) is 13.1 Å². The van der Waals surface area contributed by atoms with Crippen molar-refractivity contribution in [3.63, 3.8) is 0 Å². The molecule has 1 rings (SSSR count). The topological polar surface area (TPSA) is 63.1 Å². The van der Waals surface area contributed by atoms with Crippen LogP contribution in [0.15, 0.2) is 0 Å². The van der Waals surface area contributed by atoms with E-state index in [2.05, 4.69) is 15.5 Å². The second-order valence-electron chi connectivity index (χ2n) is 3.61. The number of amides is 1. The van der Waals surface area contributed by atoms with Gasteiger partial charge < -0.3 is 14.8 Å². The van der Waals surface area contributed by atoms with Gasteiger partial charge in [0.25, 0.3) is 0 Å². The number of carbonyl (C=O) groups is 1. The molecule has 0 atom stereocenters. The Hall–Kier alpha value is -1.43. The highest BCUT2D eigenvalue weighted by atomic mass is 16.2. The van der Waals surface area contributed by atoms with Crippen LogP contribution in [0.25, 0.3) is 0 Å². The molecule has 15 heavy (non-hydrogen) atoms. The zero-order valence-corrected chi connectivity index (χ0v) is 9.61. The Morgan fingerprint density at radius 2 is 2.13 bits per heavy atom. The highest BCUT2D eigenvalue weighted by molar-refractivity contribution is 5.77. The number of aryl methyl sites for hydroxylation is 1. The molecule has 1 heterocycles. The molecule has 0 unspecified atom stereocenters. The number of hydrogen-bond acceptors (Lipinski definition) is 4. The maximum Gasteiger partial charge on any atom is 0.236 e. The van der Waals surface area contributed by atoms with Crippen molar-refractivity contribution in [1.29, 1.82) is 0 Å². The highest BCUT2D eigenvalue weighted by Crippen LogP contribution is 1.96. The molecule has 1 aromatic heterocycles. The SMILES string of the molecule is Cc1nnc(CNCC(=O)N(C)C)n1C. The van der Waals surface area contributed by atoms with Gasteiger partial charge >= 0.3 is 0 Å². The highest BCUT2D eigenvalue weighted by Gasteiger charge is 2.06. The minimum atomic E-state index is 0.0499. The molecule has 0 saturated carbocycles. The van der Waals surface area contributed by atoms with Crippen LogP contribution in [0.2, 0.25) is 0 Å². The fourth-order valence-electron chi connectivity index (χ4n) is 1.04. The summed E-state index contributed by atoms with van der Waals surface area (Å²) in [7, 11) is 5.37. The predicted molar refractivity (Wildman–Crippen MR) is 56.1 cm³/mol. The Bertz CT molecular complexity index is 344. The number of likely N-dealkylation sites (N-methyl/N-ethyl adjacent to an activating group) is 1. The van der Waals surface area contributed by atoms with Gasteiger partial charge in [-0.15, -0.1) is 10.2 Å². The van der Waals surface area contributed by atoms with Crippen molar-refractivity contribution in [3.8, 4) is 0 Å². The molecule has 84 valence electrons. The van der Waals surface area contributed by atoms with Crippen molar-refractivity contribution in [1.82, 2.24) is 25.0 Å². The first kappa shape index (κ1) is 11.6. The lowest BCUT2D eigenvalue weighted by Gasteiger charge is -2.10. The molecular weight excluding hydrogens is 194 g/mol. The molecule has 6 nitrogen and oxygen atoms in total. The lowest BCUT2D eigenvalue weighted by molar-refractivity contribution is -0.127. The Labute approximate surface area is 89.3 Å². The van der Waals surface area contributed by atoms with Crippen molar-refractivity contribution in [3.05, 3.63) is 11.6 Å². The first-order chi connectivity index (χ1) is 7.02. The summed E-state index contributed by atoms with van der Waals surface area (Å²) in [5.41, 5.74) is 0. The van der Waals surface area contributed by atoms with E-state index < -0.39 is 0 Å². The van der Waals surface area contributed by atoms with E-state index in [1.165, 1.54) is 0 Å². The summed E-state index contributed by atoms with van der Waals surface area (Å²) in [5, 5.41) is 10.9. The minimum Gasteiger partial charge on any atom is -0.348 e. The van der Waals surface area contributed by atoms with E-state index in [1.54, 1.807) is 19.0 Å². The van der Waals surface area contributed by atoms with Crippen LogP contribution in [0.1, 0.15) is 11.6 Å². The summed E-state index contributed by atoms with van der Waals surface area (Å²) in [6.45, 7) is 2.76. The molecule has 0 aliphatic heterocycles. The fraction of sp³-hybridized carbons (Fsp3) is 0.667. The number of nitrogens with one attached hydrogen (secondary N) is 1. The zero-order chi connectivity index (χ0) is 11.4. The van der Waals surface area contributed by atoms with Gasteiger partial charge in [0.15, 0.2) is 0 Å². The Morgan fingerprint density at radius 3 is 2.60 bits per heavy atom. The van der Waals surface area contributed by atoms with E-state index in [1.807, 2.05) is 18.5 Å². The number of carbonyl (C=O) groups excluding carboxylic acids is 1. The molecule has 0 aromatic carbocycles. The monoisotopic (exact) mass is 211 g/mol. The summed E-state index contributed by atoms with van der Waals surface area (Å²) in [5.74, 6) is 1.75. The van der Waals surface area contributed by atoms with Crippen molar-refractivity contribution in [2.45, 2.75) is 13.5 Å². The summed E-state index contributed by atoms with van der Waals surface area (Å²) in [4.78, 5) is 12.8. The molecule has 6 heteroatoms. The Kier molecular flexibility index (Phi) is 3.79. The molecular formula is C9H17N5O. The van der Waals surface area contributed by atoms with E-state index in [9.17, 15) is 4.79 Å². The van der Waals surface area contributed by atoms with Crippen LogP contribution in [-0.4, -0.2) is 46.2 Å². The van der Waals surface area contributed by atoms with E-state index in [0.717, 1.165) is 11.6 Å². The quantitative estimate of drug-likeness (QED) is 0.715. The van der Waals surface area contributed by atoms with Crippen LogP contribution in [-0.2, 0) is 18.4 Å². The molecule has 0 spiro atoms. The largest absolute Gasteiger partial charge is 0.348 e. The molecule has 1 aromatic rings. The van der Waals surface area contributed by atoms with Gasteiger partial charge in [0.05, 0.1) is 13.1 Å². The zero-order valence-electron chi connectivity index (χ0n) is 9.61. The number of hydrogen-bond donors (Lipinski definition) is 1. The predicted octanol–water partition coefficient (Wildman–Crippen LogP) is -0.699. The lowest BCUT2D eigenvalue weighted by Crippen LogP contribution is -2.33. The van der Waals surface area contributed by atoms with E-state index >= 15 is 0 Å². The van der Waals surface area contributed by atoms with E-state index in [-0.39, 0.29) is 5.91 Å². The first-order valence-corrected chi connectivity index (χ1v) is 4.78. The maximum atomic E-state index is 11.2. The van der Waals surface area contributed by atoms with Gasteiger partial charge in [0.2, 0.25) is 5.91 Å². The number of rotatable bonds is 4. The van der Waals surface area contributed by atoms with Gasteiger partial charge in [0, 0.05) is 21.1 Å². The minimum absolute atomic E-state index is 0.0499. The van der Waals surface area contributed by atoms with Gasteiger partial charge in [-0.25, -0.2) is 0 Å². The van der Waals surface area contributed by atoms with Gasteiger partial charge in [-0.1, -0.05) is 0 Å². The van der Waals surface area contributed by atoms with Crippen LogP contribution in [0.4, 0.5) is 0 Å². The van der Waals surface area contributed by atoms with Crippen molar-refractivity contribution in [2.24, 2.45) is 7.05 Å². The molecule has 0 saturated heterocycles. The van der Waals surface area contributed by atoms with Gasteiger partial charge in [-0.05, 0) is 6.92 Å². The Morgan fingerprint density at radius 1 is 1.47 bits per heavy atom. The average Bonchev–Trinajstić information content (AvgIpc) is 2.49. The molecule has 0 aliphatic carbocycles. The van der Waals surface area contributed by atoms with Crippen molar-refractivity contribution < 1.29 is 4.79 Å².